The van der Waals surface area contributed by atoms with Crippen molar-refractivity contribution >= 4 is 23.0 Å². The molecule has 0 saturated heterocycles. The lowest BCUT2D eigenvalue weighted by molar-refractivity contribution is 0.733. The fourth-order valence-corrected chi connectivity index (χ4v) is 1.76. The van der Waals surface area contributed by atoms with E-state index in [1.807, 2.05) is 25.7 Å². The maximum absolute atomic E-state index is 5.67. The third-order valence-corrected chi connectivity index (χ3v) is 2.48. The Morgan fingerprint density at radius 1 is 1.64 bits per heavy atom. The van der Waals surface area contributed by atoms with Gasteiger partial charge in [-0.05, 0) is 13.8 Å². The highest BCUT2D eigenvalue weighted by atomic mass is 32.1. The van der Waals surface area contributed by atoms with E-state index in [9.17, 15) is 0 Å². The topological polar surface area (TPSA) is 47.1 Å². The van der Waals surface area contributed by atoms with Crippen LogP contribution < -0.4 is 10.6 Å². The van der Waals surface area contributed by atoms with Crippen LogP contribution in [-0.2, 0) is 7.05 Å². The lowest BCUT2D eigenvalue weighted by Gasteiger charge is -2.18. The first-order valence-corrected chi connectivity index (χ1v) is 4.94. The SMILES string of the molecule is CCN(C)c1c(C(N)=S)c(C)nn1C. The Bertz CT molecular complexity index is 356. The minimum atomic E-state index is 0.408. The van der Waals surface area contributed by atoms with E-state index in [2.05, 4.69) is 16.9 Å². The molecule has 1 aromatic rings. The van der Waals surface area contributed by atoms with E-state index < -0.39 is 0 Å². The van der Waals surface area contributed by atoms with E-state index in [4.69, 9.17) is 18.0 Å². The first-order valence-electron chi connectivity index (χ1n) is 4.53. The molecule has 0 bridgehead atoms. The standard InChI is InChI=1S/C9H16N4S/c1-5-12(3)9-7(8(10)14)6(2)11-13(9)4/h5H2,1-4H3,(H2,10,14). The van der Waals surface area contributed by atoms with E-state index in [0.717, 1.165) is 23.6 Å². The number of hydrogen-bond acceptors (Lipinski definition) is 3. The van der Waals surface area contributed by atoms with Crippen molar-refractivity contribution in [3.63, 3.8) is 0 Å². The molecule has 4 nitrogen and oxygen atoms in total. The number of hydrogen-bond donors (Lipinski definition) is 1. The van der Waals surface area contributed by atoms with Crippen LogP contribution in [0.15, 0.2) is 0 Å². The molecule has 0 amide bonds. The second kappa shape index (κ2) is 3.96. The van der Waals surface area contributed by atoms with Crippen molar-refractivity contribution in [3.8, 4) is 0 Å². The average molecular weight is 212 g/mol. The van der Waals surface area contributed by atoms with Gasteiger partial charge in [-0.2, -0.15) is 5.10 Å². The maximum atomic E-state index is 5.67. The minimum Gasteiger partial charge on any atom is -0.389 e. The molecule has 2 N–H and O–H groups in total. The van der Waals surface area contributed by atoms with Gasteiger partial charge in [0.2, 0.25) is 0 Å². The molecule has 14 heavy (non-hydrogen) atoms. The number of aryl methyl sites for hydroxylation is 2. The van der Waals surface area contributed by atoms with Crippen molar-refractivity contribution in [2.45, 2.75) is 13.8 Å². The Balaban J connectivity index is 3.32. The molecule has 0 atom stereocenters. The molecular formula is C9H16N4S. The summed E-state index contributed by atoms with van der Waals surface area (Å²) < 4.78 is 1.81. The fourth-order valence-electron chi connectivity index (χ4n) is 1.52. The van der Waals surface area contributed by atoms with Crippen LogP contribution in [0, 0.1) is 6.92 Å². The molecule has 1 heterocycles. The van der Waals surface area contributed by atoms with Crippen molar-refractivity contribution < 1.29 is 0 Å². The van der Waals surface area contributed by atoms with E-state index >= 15 is 0 Å². The predicted octanol–water partition coefficient (Wildman–Crippen LogP) is 0.819. The van der Waals surface area contributed by atoms with E-state index in [1.54, 1.807) is 0 Å². The van der Waals surface area contributed by atoms with Crippen molar-refractivity contribution in [2.75, 3.05) is 18.5 Å². The van der Waals surface area contributed by atoms with Crippen LogP contribution in [0.2, 0.25) is 0 Å². The summed E-state index contributed by atoms with van der Waals surface area (Å²) in [5, 5.41) is 4.31. The first-order chi connectivity index (χ1) is 6.49. The Labute approximate surface area is 89.7 Å². The highest BCUT2D eigenvalue weighted by Gasteiger charge is 2.17. The number of rotatable bonds is 3. The lowest BCUT2D eigenvalue weighted by atomic mass is 10.2. The normalized spacial score (nSPS) is 10.3. The lowest BCUT2D eigenvalue weighted by Crippen LogP contribution is -2.23. The molecule has 0 aliphatic heterocycles. The number of nitrogens with two attached hydrogens (primary N) is 1. The molecule has 1 aromatic heterocycles. The molecule has 0 saturated carbocycles. The van der Waals surface area contributed by atoms with E-state index in [0.29, 0.717) is 4.99 Å². The molecular weight excluding hydrogens is 196 g/mol. The highest BCUT2D eigenvalue weighted by molar-refractivity contribution is 7.80. The molecule has 78 valence electrons. The largest absolute Gasteiger partial charge is 0.389 e. The third kappa shape index (κ3) is 1.72. The summed E-state index contributed by atoms with van der Waals surface area (Å²) >= 11 is 5.02. The highest BCUT2D eigenvalue weighted by Crippen LogP contribution is 2.21. The van der Waals surface area contributed by atoms with Gasteiger partial charge in [-0.3, -0.25) is 4.68 Å². The average Bonchev–Trinajstić information content (AvgIpc) is 2.39. The van der Waals surface area contributed by atoms with Crippen LogP contribution in [0.1, 0.15) is 18.2 Å². The third-order valence-electron chi connectivity index (χ3n) is 2.27. The monoisotopic (exact) mass is 212 g/mol. The summed E-state index contributed by atoms with van der Waals surface area (Å²) in [5.74, 6) is 0.984. The van der Waals surface area contributed by atoms with Crippen molar-refractivity contribution in [2.24, 2.45) is 12.8 Å². The zero-order chi connectivity index (χ0) is 10.9. The second-order valence-electron chi connectivity index (χ2n) is 3.29. The van der Waals surface area contributed by atoms with Gasteiger partial charge in [0, 0.05) is 20.6 Å². The van der Waals surface area contributed by atoms with Crippen LogP contribution >= 0.6 is 12.2 Å². The van der Waals surface area contributed by atoms with Crippen LogP contribution in [0.25, 0.3) is 0 Å². The second-order valence-corrected chi connectivity index (χ2v) is 3.73. The molecule has 1 rings (SSSR count). The number of thiocarbonyl (C=S) groups is 1. The molecule has 0 aliphatic carbocycles. The van der Waals surface area contributed by atoms with Gasteiger partial charge in [0.15, 0.2) is 0 Å². The summed E-state index contributed by atoms with van der Waals surface area (Å²) in [4.78, 5) is 2.49. The van der Waals surface area contributed by atoms with Gasteiger partial charge < -0.3 is 10.6 Å². The van der Waals surface area contributed by atoms with Crippen LogP contribution in [0.3, 0.4) is 0 Å². The number of aromatic nitrogens is 2. The summed E-state index contributed by atoms with van der Waals surface area (Å²) in [6.07, 6.45) is 0. The van der Waals surface area contributed by atoms with Crippen molar-refractivity contribution in [1.29, 1.82) is 0 Å². The van der Waals surface area contributed by atoms with E-state index in [-0.39, 0.29) is 0 Å². The molecule has 0 unspecified atom stereocenters. The number of anilines is 1. The smallest absolute Gasteiger partial charge is 0.136 e. The summed E-state index contributed by atoms with van der Waals surface area (Å²) in [6.45, 7) is 4.89. The van der Waals surface area contributed by atoms with E-state index in [1.165, 1.54) is 0 Å². The molecule has 0 spiro atoms. The predicted molar refractivity (Wildman–Crippen MR) is 62.8 cm³/mol. The van der Waals surface area contributed by atoms with Gasteiger partial charge in [0.25, 0.3) is 0 Å². The van der Waals surface area contributed by atoms with Crippen molar-refractivity contribution in [1.82, 2.24) is 9.78 Å². The Morgan fingerprint density at radius 3 is 2.64 bits per heavy atom. The molecule has 0 radical (unpaired) electrons. The van der Waals surface area contributed by atoms with Crippen LogP contribution in [0.4, 0.5) is 5.82 Å². The Kier molecular flexibility index (Phi) is 3.10. The zero-order valence-corrected chi connectivity index (χ0v) is 9.85. The summed E-state index contributed by atoms with van der Waals surface area (Å²) in [6, 6.07) is 0. The molecule has 5 heteroatoms. The molecule has 0 fully saturated rings. The summed E-state index contributed by atoms with van der Waals surface area (Å²) in [7, 11) is 3.90. The first kappa shape index (κ1) is 11.0. The van der Waals surface area contributed by atoms with Crippen LogP contribution in [0.5, 0.6) is 0 Å². The van der Waals surface area contributed by atoms with Gasteiger partial charge in [0.05, 0.1) is 11.3 Å². The maximum Gasteiger partial charge on any atom is 0.136 e. The van der Waals surface area contributed by atoms with Gasteiger partial charge in [0.1, 0.15) is 10.8 Å². The van der Waals surface area contributed by atoms with Gasteiger partial charge in [-0.15, -0.1) is 0 Å². The van der Waals surface area contributed by atoms with Gasteiger partial charge in [-0.25, -0.2) is 0 Å². The summed E-state index contributed by atoms with van der Waals surface area (Å²) in [5.41, 5.74) is 7.44. The fraction of sp³-hybridized carbons (Fsp3) is 0.556. The zero-order valence-electron chi connectivity index (χ0n) is 9.03. The minimum absolute atomic E-state index is 0.408. The number of nitrogens with zero attached hydrogens (tertiary/aromatic N) is 3. The molecule has 0 aromatic carbocycles. The van der Waals surface area contributed by atoms with Crippen LogP contribution in [-0.4, -0.2) is 28.4 Å². The Morgan fingerprint density at radius 2 is 2.21 bits per heavy atom. The van der Waals surface area contributed by atoms with Gasteiger partial charge >= 0.3 is 0 Å². The quantitative estimate of drug-likeness (QED) is 0.754. The molecule has 0 aliphatic rings. The Hall–Kier alpha value is -1.10. The van der Waals surface area contributed by atoms with Crippen molar-refractivity contribution in [3.05, 3.63) is 11.3 Å². The van der Waals surface area contributed by atoms with Gasteiger partial charge in [-0.1, -0.05) is 12.2 Å².